The first-order chi connectivity index (χ1) is 10.3. The van der Waals surface area contributed by atoms with Gasteiger partial charge in [0, 0.05) is 19.7 Å². The average molecular weight is 297 g/mol. The first-order valence-electron chi connectivity index (χ1n) is 7.71. The second-order valence-electron chi connectivity index (χ2n) is 5.69. The third-order valence-corrected chi connectivity index (χ3v) is 4.07. The molecule has 1 aromatic rings. The molecule has 0 radical (unpaired) electrons. The Morgan fingerprint density at radius 3 is 3.10 bits per heavy atom. The van der Waals surface area contributed by atoms with E-state index < -0.39 is 6.10 Å². The zero-order chi connectivity index (χ0) is 14.7. The number of hydrogen-bond acceptors (Lipinski definition) is 7. The van der Waals surface area contributed by atoms with Crippen molar-refractivity contribution in [3.63, 3.8) is 0 Å². The van der Waals surface area contributed by atoms with Gasteiger partial charge < -0.3 is 19.1 Å². The SMILES string of the molecule is CCCN1CCOC(c2noc(C3COCCC3O)n2)C1. The molecule has 0 aliphatic carbocycles. The molecule has 3 atom stereocenters. The van der Waals surface area contributed by atoms with Gasteiger partial charge in [-0.2, -0.15) is 4.98 Å². The van der Waals surface area contributed by atoms with Crippen molar-refractivity contribution in [3.8, 4) is 0 Å². The summed E-state index contributed by atoms with van der Waals surface area (Å²) in [6, 6.07) is 0. The summed E-state index contributed by atoms with van der Waals surface area (Å²) in [5.74, 6) is 0.798. The fraction of sp³-hybridized carbons (Fsp3) is 0.857. The van der Waals surface area contributed by atoms with Gasteiger partial charge in [0.25, 0.3) is 0 Å². The maximum Gasteiger partial charge on any atom is 0.234 e. The topological polar surface area (TPSA) is 80.9 Å². The van der Waals surface area contributed by atoms with Crippen molar-refractivity contribution in [2.24, 2.45) is 0 Å². The van der Waals surface area contributed by atoms with E-state index in [0.717, 1.165) is 26.1 Å². The Morgan fingerprint density at radius 1 is 1.38 bits per heavy atom. The van der Waals surface area contributed by atoms with Gasteiger partial charge in [0.1, 0.15) is 6.10 Å². The maximum atomic E-state index is 10.0. The van der Waals surface area contributed by atoms with Crippen LogP contribution in [0, 0.1) is 0 Å². The smallest absolute Gasteiger partial charge is 0.234 e. The number of rotatable bonds is 4. The molecule has 21 heavy (non-hydrogen) atoms. The minimum atomic E-state index is -0.476. The van der Waals surface area contributed by atoms with Gasteiger partial charge in [-0.25, -0.2) is 0 Å². The highest BCUT2D eigenvalue weighted by molar-refractivity contribution is 5.01. The largest absolute Gasteiger partial charge is 0.392 e. The molecule has 118 valence electrons. The van der Waals surface area contributed by atoms with Crippen molar-refractivity contribution in [1.29, 1.82) is 0 Å². The van der Waals surface area contributed by atoms with Crippen LogP contribution in [-0.2, 0) is 9.47 Å². The molecule has 2 saturated heterocycles. The molecule has 0 aromatic carbocycles. The lowest BCUT2D eigenvalue weighted by atomic mass is 9.99. The molecule has 3 heterocycles. The molecule has 3 unspecified atom stereocenters. The van der Waals surface area contributed by atoms with Crippen molar-refractivity contribution in [1.82, 2.24) is 15.0 Å². The predicted molar refractivity (Wildman–Crippen MR) is 73.9 cm³/mol. The van der Waals surface area contributed by atoms with Gasteiger partial charge >= 0.3 is 0 Å². The molecule has 0 bridgehead atoms. The van der Waals surface area contributed by atoms with Crippen molar-refractivity contribution in [2.45, 2.75) is 37.9 Å². The van der Waals surface area contributed by atoms with Gasteiger partial charge in [0.2, 0.25) is 11.7 Å². The lowest BCUT2D eigenvalue weighted by Gasteiger charge is -2.31. The minimum Gasteiger partial charge on any atom is -0.392 e. The molecular weight excluding hydrogens is 274 g/mol. The van der Waals surface area contributed by atoms with E-state index in [9.17, 15) is 5.11 Å². The fourth-order valence-corrected chi connectivity index (χ4v) is 2.87. The summed E-state index contributed by atoms with van der Waals surface area (Å²) in [6.45, 7) is 6.65. The molecule has 7 heteroatoms. The second kappa shape index (κ2) is 6.83. The standard InChI is InChI=1S/C14H23N3O4/c1-2-4-17-5-7-20-12(8-17)13-15-14(21-16-13)10-9-19-6-3-11(10)18/h10-12,18H,2-9H2,1H3. The highest BCUT2D eigenvalue weighted by Crippen LogP contribution is 2.27. The molecule has 2 aliphatic rings. The fourth-order valence-electron chi connectivity index (χ4n) is 2.87. The van der Waals surface area contributed by atoms with Crippen LogP contribution in [0.4, 0.5) is 0 Å². The Bertz CT molecular complexity index is 451. The summed E-state index contributed by atoms with van der Waals surface area (Å²) >= 11 is 0. The Kier molecular flexibility index (Phi) is 4.84. The van der Waals surface area contributed by atoms with E-state index in [0.29, 0.717) is 38.0 Å². The molecule has 2 aliphatic heterocycles. The van der Waals surface area contributed by atoms with E-state index >= 15 is 0 Å². The molecule has 2 fully saturated rings. The van der Waals surface area contributed by atoms with Crippen LogP contribution in [0.25, 0.3) is 0 Å². The van der Waals surface area contributed by atoms with E-state index in [4.69, 9.17) is 14.0 Å². The van der Waals surface area contributed by atoms with Crippen molar-refractivity contribution < 1.29 is 19.1 Å². The van der Waals surface area contributed by atoms with Crippen LogP contribution in [0.15, 0.2) is 4.52 Å². The van der Waals surface area contributed by atoms with E-state index in [1.165, 1.54) is 0 Å². The molecule has 0 saturated carbocycles. The summed E-state index contributed by atoms with van der Waals surface area (Å²) < 4.78 is 16.5. The first kappa shape index (κ1) is 14.9. The van der Waals surface area contributed by atoms with Gasteiger partial charge in [-0.05, 0) is 19.4 Å². The zero-order valence-electron chi connectivity index (χ0n) is 12.4. The van der Waals surface area contributed by atoms with Gasteiger partial charge in [-0.15, -0.1) is 0 Å². The average Bonchev–Trinajstić information content (AvgIpc) is 2.98. The number of aliphatic hydroxyl groups excluding tert-OH is 1. The van der Waals surface area contributed by atoms with Gasteiger partial charge in [0.05, 0.1) is 25.2 Å². The van der Waals surface area contributed by atoms with Crippen LogP contribution in [0.2, 0.25) is 0 Å². The third-order valence-electron chi connectivity index (χ3n) is 4.07. The number of ether oxygens (including phenoxy) is 2. The molecule has 7 nitrogen and oxygen atoms in total. The molecule has 0 amide bonds. The number of morpholine rings is 1. The summed E-state index contributed by atoms with van der Waals surface area (Å²) in [7, 11) is 0. The quantitative estimate of drug-likeness (QED) is 0.877. The molecular formula is C14H23N3O4. The van der Waals surface area contributed by atoms with E-state index in [-0.39, 0.29) is 12.0 Å². The molecule has 3 rings (SSSR count). The lowest BCUT2D eigenvalue weighted by Crippen LogP contribution is -2.39. The Labute approximate surface area is 124 Å². The van der Waals surface area contributed by atoms with Gasteiger partial charge in [-0.3, -0.25) is 4.90 Å². The van der Waals surface area contributed by atoms with Crippen molar-refractivity contribution >= 4 is 0 Å². The highest BCUT2D eigenvalue weighted by Gasteiger charge is 2.32. The number of aliphatic hydroxyl groups is 1. The van der Waals surface area contributed by atoms with E-state index in [1.807, 2.05) is 0 Å². The summed E-state index contributed by atoms with van der Waals surface area (Å²) in [5.41, 5.74) is 0. The molecule has 1 aromatic heterocycles. The van der Waals surface area contributed by atoms with E-state index in [1.54, 1.807) is 0 Å². The molecule has 0 spiro atoms. The van der Waals surface area contributed by atoms with Crippen LogP contribution in [0.3, 0.4) is 0 Å². The van der Waals surface area contributed by atoms with Crippen molar-refractivity contribution in [3.05, 3.63) is 11.7 Å². The summed E-state index contributed by atoms with van der Waals surface area (Å²) in [5, 5.41) is 14.0. The van der Waals surface area contributed by atoms with E-state index in [2.05, 4.69) is 22.0 Å². The summed E-state index contributed by atoms with van der Waals surface area (Å²) in [6.07, 6.45) is 1.10. The maximum absolute atomic E-state index is 10.0. The highest BCUT2D eigenvalue weighted by atomic mass is 16.5. The lowest BCUT2D eigenvalue weighted by molar-refractivity contribution is -0.0350. The minimum absolute atomic E-state index is 0.149. The third kappa shape index (κ3) is 3.42. The number of hydrogen-bond donors (Lipinski definition) is 1. The predicted octanol–water partition coefficient (Wildman–Crippen LogP) is 0.718. The van der Waals surface area contributed by atoms with Crippen LogP contribution >= 0.6 is 0 Å². The Morgan fingerprint density at radius 2 is 2.29 bits per heavy atom. The van der Waals surface area contributed by atoms with Crippen LogP contribution < -0.4 is 0 Å². The van der Waals surface area contributed by atoms with Crippen LogP contribution in [0.1, 0.15) is 43.5 Å². The Hall–Kier alpha value is -1.02. The molecule has 1 N–H and O–H groups in total. The summed E-state index contributed by atoms with van der Waals surface area (Å²) in [4.78, 5) is 6.78. The zero-order valence-corrected chi connectivity index (χ0v) is 12.4. The Balaban J connectivity index is 1.66. The first-order valence-corrected chi connectivity index (χ1v) is 7.71. The second-order valence-corrected chi connectivity index (χ2v) is 5.69. The van der Waals surface area contributed by atoms with Crippen LogP contribution in [-0.4, -0.2) is 65.7 Å². The van der Waals surface area contributed by atoms with Crippen LogP contribution in [0.5, 0.6) is 0 Å². The number of nitrogens with zero attached hydrogens (tertiary/aromatic N) is 3. The monoisotopic (exact) mass is 297 g/mol. The van der Waals surface area contributed by atoms with Gasteiger partial charge in [-0.1, -0.05) is 12.1 Å². The van der Waals surface area contributed by atoms with Crippen molar-refractivity contribution in [2.75, 3.05) is 39.5 Å². The van der Waals surface area contributed by atoms with Gasteiger partial charge in [0.15, 0.2) is 0 Å². The normalized spacial score (nSPS) is 31.4. The number of aromatic nitrogens is 2.